The topological polar surface area (TPSA) is 65.1 Å². The van der Waals surface area contributed by atoms with E-state index in [0.717, 1.165) is 18.0 Å². The third-order valence-electron chi connectivity index (χ3n) is 2.61. The third-order valence-corrected chi connectivity index (χ3v) is 2.61. The van der Waals surface area contributed by atoms with E-state index < -0.39 is 0 Å². The summed E-state index contributed by atoms with van der Waals surface area (Å²) in [6.07, 6.45) is 3.55. The SMILES string of the molecule is CCn1cc(OCc2cc(CNC(C)C)no2)cn1. The maximum atomic E-state index is 5.58. The maximum Gasteiger partial charge on any atom is 0.174 e. The summed E-state index contributed by atoms with van der Waals surface area (Å²) in [7, 11) is 0. The van der Waals surface area contributed by atoms with Crippen molar-refractivity contribution >= 4 is 0 Å². The second-order valence-corrected chi connectivity index (χ2v) is 4.64. The first-order chi connectivity index (χ1) is 9.17. The zero-order chi connectivity index (χ0) is 13.7. The number of aryl methyl sites for hydroxylation is 1. The number of hydrogen-bond acceptors (Lipinski definition) is 5. The van der Waals surface area contributed by atoms with E-state index in [0.29, 0.717) is 25.0 Å². The zero-order valence-corrected chi connectivity index (χ0v) is 11.6. The Kier molecular flexibility index (Phi) is 4.57. The Morgan fingerprint density at radius 2 is 2.32 bits per heavy atom. The predicted octanol–water partition coefficient (Wildman–Crippen LogP) is 1.97. The number of hydrogen-bond donors (Lipinski definition) is 1. The van der Waals surface area contributed by atoms with Crippen molar-refractivity contribution < 1.29 is 9.26 Å². The molecule has 0 saturated heterocycles. The molecule has 104 valence electrons. The van der Waals surface area contributed by atoms with Crippen molar-refractivity contribution in [1.29, 1.82) is 0 Å². The van der Waals surface area contributed by atoms with Crippen LogP contribution in [0.3, 0.4) is 0 Å². The van der Waals surface area contributed by atoms with Crippen LogP contribution in [0.15, 0.2) is 23.0 Å². The summed E-state index contributed by atoms with van der Waals surface area (Å²) in [5.41, 5.74) is 0.886. The number of aromatic nitrogens is 3. The molecule has 19 heavy (non-hydrogen) atoms. The van der Waals surface area contributed by atoms with Crippen molar-refractivity contribution in [1.82, 2.24) is 20.3 Å². The molecular weight excluding hydrogens is 244 g/mol. The molecule has 0 bridgehead atoms. The lowest BCUT2D eigenvalue weighted by atomic mass is 10.3. The van der Waals surface area contributed by atoms with Crippen molar-refractivity contribution in [2.45, 2.75) is 46.5 Å². The van der Waals surface area contributed by atoms with E-state index in [4.69, 9.17) is 9.26 Å². The Morgan fingerprint density at radius 3 is 3.00 bits per heavy atom. The van der Waals surface area contributed by atoms with Crippen LogP contribution in [0, 0.1) is 0 Å². The van der Waals surface area contributed by atoms with E-state index in [9.17, 15) is 0 Å². The fourth-order valence-electron chi connectivity index (χ4n) is 1.56. The average molecular weight is 264 g/mol. The smallest absolute Gasteiger partial charge is 0.174 e. The lowest BCUT2D eigenvalue weighted by Gasteiger charge is -2.03. The highest BCUT2D eigenvalue weighted by molar-refractivity contribution is 5.13. The van der Waals surface area contributed by atoms with Crippen LogP contribution in [-0.4, -0.2) is 21.0 Å². The molecule has 0 aliphatic heterocycles. The molecule has 0 fully saturated rings. The molecule has 6 nitrogen and oxygen atoms in total. The lowest BCUT2D eigenvalue weighted by molar-refractivity contribution is 0.248. The summed E-state index contributed by atoms with van der Waals surface area (Å²) in [5.74, 6) is 1.45. The van der Waals surface area contributed by atoms with Crippen molar-refractivity contribution in [3.63, 3.8) is 0 Å². The van der Waals surface area contributed by atoms with Crippen molar-refractivity contribution in [3.05, 3.63) is 29.9 Å². The van der Waals surface area contributed by atoms with Gasteiger partial charge in [-0.1, -0.05) is 19.0 Å². The van der Waals surface area contributed by atoms with Gasteiger partial charge >= 0.3 is 0 Å². The van der Waals surface area contributed by atoms with Crippen LogP contribution >= 0.6 is 0 Å². The molecule has 0 aliphatic rings. The first kappa shape index (κ1) is 13.6. The van der Waals surface area contributed by atoms with Gasteiger partial charge in [-0.2, -0.15) is 5.10 Å². The second kappa shape index (κ2) is 6.38. The van der Waals surface area contributed by atoms with Crippen molar-refractivity contribution in [3.8, 4) is 5.75 Å². The highest BCUT2D eigenvalue weighted by atomic mass is 16.5. The van der Waals surface area contributed by atoms with Crippen LogP contribution in [0.4, 0.5) is 0 Å². The predicted molar refractivity (Wildman–Crippen MR) is 70.7 cm³/mol. The van der Waals surface area contributed by atoms with Gasteiger partial charge in [0.1, 0.15) is 6.61 Å². The molecular formula is C13H20N4O2. The van der Waals surface area contributed by atoms with Gasteiger partial charge in [0.15, 0.2) is 11.5 Å². The quantitative estimate of drug-likeness (QED) is 0.828. The van der Waals surface area contributed by atoms with Gasteiger partial charge in [0.05, 0.1) is 18.1 Å². The minimum absolute atomic E-state index is 0.365. The van der Waals surface area contributed by atoms with Crippen LogP contribution in [0.25, 0.3) is 0 Å². The Balaban J connectivity index is 1.82. The Morgan fingerprint density at radius 1 is 1.47 bits per heavy atom. The van der Waals surface area contributed by atoms with Gasteiger partial charge in [-0.05, 0) is 6.92 Å². The molecule has 1 N–H and O–H groups in total. The maximum absolute atomic E-state index is 5.58. The van der Waals surface area contributed by atoms with Crippen LogP contribution in [0.2, 0.25) is 0 Å². The molecule has 2 heterocycles. The van der Waals surface area contributed by atoms with Gasteiger partial charge in [-0.25, -0.2) is 0 Å². The average Bonchev–Trinajstić information content (AvgIpc) is 3.03. The van der Waals surface area contributed by atoms with Crippen LogP contribution in [-0.2, 0) is 19.7 Å². The molecule has 0 radical (unpaired) electrons. The Bertz CT molecular complexity index is 504. The van der Waals surface area contributed by atoms with Gasteiger partial charge in [-0.3, -0.25) is 4.68 Å². The van der Waals surface area contributed by atoms with E-state index in [2.05, 4.69) is 29.4 Å². The molecule has 0 amide bonds. The standard InChI is InChI=1S/C13H20N4O2/c1-4-17-8-13(7-15-17)18-9-12-5-11(16-19-12)6-14-10(2)3/h5,7-8,10,14H,4,6,9H2,1-3H3. The van der Waals surface area contributed by atoms with Crippen LogP contribution in [0.1, 0.15) is 32.2 Å². The molecule has 0 unspecified atom stereocenters. The molecule has 0 spiro atoms. The first-order valence-electron chi connectivity index (χ1n) is 6.50. The monoisotopic (exact) mass is 264 g/mol. The second-order valence-electron chi connectivity index (χ2n) is 4.64. The van der Waals surface area contributed by atoms with E-state index in [1.54, 1.807) is 6.20 Å². The fourth-order valence-corrected chi connectivity index (χ4v) is 1.56. The molecule has 2 aromatic rings. The molecule has 2 aromatic heterocycles. The summed E-state index contributed by atoms with van der Waals surface area (Å²) < 4.78 is 12.6. The minimum Gasteiger partial charge on any atom is -0.482 e. The first-order valence-corrected chi connectivity index (χ1v) is 6.50. The molecule has 0 aliphatic carbocycles. The fraction of sp³-hybridized carbons (Fsp3) is 0.538. The molecule has 0 atom stereocenters. The Labute approximate surface area is 112 Å². The zero-order valence-electron chi connectivity index (χ0n) is 11.6. The number of rotatable bonds is 7. The number of nitrogens with one attached hydrogen (secondary N) is 1. The van der Waals surface area contributed by atoms with E-state index in [1.165, 1.54) is 0 Å². The van der Waals surface area contributed by atoms with Gasteiger partial charge in [0.2, 0.25) is 0 Å². The van der Waals surface area contributed by atoms with Gasteiger partial charge in [0.25, 0.3) is 0 Å². The van der Waals surface area contributed by atoms with Gasteiger partial charge in [-0.15, -0.1) is 0 Å². The number of ether oxygens (including phenoxy) is 1. The molecule has 2 rings (SSSR count). The van der Waals surface area contributed by atoms with Crippen LogP contribution < -0.4 is 10.1 Å². The molecule has 6 heteroatoms. The van der Waals surface area contributed by atoms with E-state index in [-0.39, 0.29) is 0 Å². The largest absolute Gasteiger partial charge is 0.482 e. The van der Waals surface area contributed by atoms with Gasteiger partial charge < -0.3 is 14.6 Å². The summed E-state index contributed by atoms with van der Waals surface area (Å²) in [4.78, 5) is 0. The van der Waals surface area contributed by atoms with Gasteiger partial charge in [0, 0.05) is 25.2 Å². The lowest BCUT2D eigenvalue weighted by Crippen LogP contribution is -2.21. The Hall–Kier alpha value is -1.82. The highest BCUT2D eigenvalue weighted by Crippen LogP contribution is 2.12. The summed E-state index contributed by atoms with van der Waals surface area (Å²) in [5, 5.41) is 11.4. The minimum atomic E-state index is 0.365. The summed E-state index contributed by atoms with van der Waals surface area (Å²) in [6.45, 7) is 8.11. The molecule has 0 saturated carbocycles. The normalized spacial score (nSPS) is 11.2. The van der Waals surface area contributed by atoms with E-state index in [1.807, 2.05) is 23.9 Å². The van der Waals surface area contributed by atoms with Crippen molar-refractivity contribution in [2.24, 2.45) is 0 Å². The third kappa shape index (κ3) is 4.10. The van der Waals surface area contributed by atoms with Crippen molar-refractivity contribution in [2.75, 3.05) is 0 Å². The van der Waals surface area contributed by atoms with E-state index >= 15 is 0 Å². The summed E-state index contributed by atoms with van der Waals surface area (Å²) >= 11 is 0. The summed E-state index contributed by atoms with van der Waals surface area (Å²) in [6, 6.07) is 2.33. The highest BCUT2D eigenvalue weighted by Gasteiger charge is 2.06. The molecule has 0 aromatic carbocycles. The number of nitrogens with zero attached hydrogens (tertiary/aromatic N) is 3. The van der Waals surface area contributed by atoms with Crippen LogP contribution in [0.5, 0.6) is 5.75 Å².